The first-order chi connectivity index (χ1) is 13.2. The lowest BCUT2D eigenvalue weighted by molar-refractivity contribution is -0.129. The van der Waals surface area contributed by atoms with Crippen molar-refractivity contribution in [1.29, 1.82) is 0 Å². The topological polar surface area (TPSA) is 61.4 Å². The third-order valence-electron chi connectivity index (χ3n) is 5.48. The summed E-state index contributed by atoms with van der Waals surface area (Å²) in [4.78, 5) is 25.8. The maximum absolute atomic E-state index is 12.2. The molecule has 1 atom stereocenters. The quantitative estimate of drug-likeness (QED) is 0.858. The van der Waals surface area contributed by atoms with Gasteiger partial charge in [0, 0.05) is 38.3 Å². The standard InChI is InChI=1S/C22H25N3O2/c26-21-10-9-19(14-23-21)22(27)24-13-16-5-7-17(8-6-16)15-25-12-11-18-3-1-2-4-20(18)25/h1-8,19H,9-15H2,(H,23,26)(H,24,27)/t19-/m1/s1. The molecule has 2 aliphatic heterocycles. The number of hydrogen-bond donors (Lipinski definition) is 2. The molecule has 0 spiro atoms. The van der Waals surface area contributed by atoms with Gasteiger partial charge in [0.15, 0.2) is 0 Å². The van der Waals surface area contributed by atoms with E-state index in [0.717, 1.165) is 25.1 Å². The molecule has 1 fully saturated rings. The van der Waals surface area contributed by atoms with E-state index in [1.165, 1.54) is 16.8 Å². The van der Waals surface area contributed by atoms with Crippen LogP contribution in [0, 0.1) is 5.92 Å². The number of piperidine rings is 1. The molecule has 2 heterocycles. The van der Waals surface area contributed by atoms with Crippen molar-refractivity contribution < 1.29 is 9.59 Å². The summed E-state index contributed by atoms with van der Waals surface area (Å²) in [6.07, 6.45) is 2.18. The molecule has 5 heteroatoms. The summed E-state index contributed by atoms with van der Waals surface area (Å²) in [6, 6.07) is 17.1. The first-order valence-electron chi connectivity index (χ1n) is 9.64. The molecule has 0 saturated carbocycles. The van der Waals surface area contributed by atoms with Crippen LogP contribution in [-0.2, 0) is 29.1 Å². The van der Waals surface area contributed by atoms with E-state index >= 15 is 0 Å². The average molecular weight is 363 g/mol. The second kappa shape index (κ2) is 7.82. The van der Waals surface area contributed by atoms with E-state index in [0.29, 0.717) is 25.9 Å². The Hall–Kier alpha value is -2.82. The molecule has 0 aliphatic carbocycles. The molecule has 1 saturated heterocycles. The highest BCUT2D eigenvalue weighted by molar-refractivity contribution is 5.83. The van der Waals surface area contributed by atoms with Crippen LogP contribution in [0.1, 0.15) is 29.5 Å². The predicted octanol–water partition coefficient (Wildman–Crippen LogP) is 2.39. The maximum atomic E-state index is 12.2. The van der Waals surface area contributed by atoms with E-state index in [1.807, 2.05) is 0 Å². The molecule has 4 rings (SSSR count). The Morgan fingerprint density at radius 2 is 1.85 bits per heavy atom. The van der Waals surface area contributed by atoms with Gasteiger partial charge in [-0.1, -0.05) is 42.5 Å². The van der Waals surface area contributed by atoms with Gasteiger partial charge in [-0.05, 0) is 35.6 Å². The first-order valence-corrected chi connectivity index (χ1v) is 9.64. The van der Waals surface area contributed by atoms with Gasteiger partial charge in [0.1, 0.15) is 0 Å². The summed E-state index contributed by atoms with van der Waals surface area (Å²) in [5.74, 6) is -0.0553. The zero-order valence-electron chi connectivity index (χ0n) is 15.4. The summed E-state index contributed by atoms with van der Waals surface area (Å²) >= 11 is 0. The maximum Gasteiger partial charge on any atom is 0.225 e. The highest BCUT2D eigenvalue weighted by Gasteiger charge is 2.24. The minimum atomic E-state index is -0.114. The van der Waals surface area contributed by atoms with Gasteiger partial charge in [-0.2, -0.15) is 0 Å². The molecule has 0 aromatic heterocycles. The Balaban J connectivity index is 1.29. The van der Waals surface area contributed by atoms with Crippen LogP contribution in [0.4, 0.5) is 5.69 Å². The van der Waals surface area contributed by atoms with Gasteiger partial charge in [-0.15, -0.1) is 0 Å². The zero-order valence-corrected chi connectivity index (χ0v) is 15.4. The molecular weight excluding hydrogens is 338 g/mol. The Morgan fingerprint density at radius 1 is 1.07 bits per heavy atom. The minimum Gasteiger partial charge on any atom is -0.367 e. The van der Waals surface area contributed by atoms with Crippen molar-refractivity contribution in [3.8, 4) is 0 Å². The van der Waals surface area contributed by atoms with E-state index < -0.39 is 0 Å². The number of carbonyl (C=O) groups excluding carboxylic acids is 2. The fourth-order valence-corrected chi connectivity index (χ4v) is 3.84. The normalized spacial score (nSPS) is 18.7. The van der Waals surface area contributed by atoms with Crippen LogP contribution >= 0.6 is 0 Å². The van der Waals surface area contributed by atoms with E-state index in [4.69, 9.17) is 0 Å². The summed E-state index contributed by atoms with van der Waals surface area (Å²) < 4.78 is 0. The Labute approximate surface area is 159 Å². The number of para-hydroxylation sites is 1. The number of carbonyl (C=O) groups is 2. The zero-order chi connectivity index (χ0) is 18.6. The molecule has 5 nitrogen and oxygen atoms in total. The van der Waals surface area contributed by atoms with Crippen molar-refractivity contribution in [3.63, 3.8) is 0 Å². The molecule has 0 radical (unpaired) electrons. The van der Waals surface area contributed by atoms with Crippen LogP contribution in [0.25, 0.3) is 0 Å². The van der Waals surface area contributed by atoms with E-state index in [9.17, 15) is 9.59 Å². The highest BCUT2D eigenvalue weighted by atomic mass is 16.2. The van der Waals surface area contributed by atoms with Crippen LogP contribution in [-0.4, -0.2) is 24.9 Å². The number of amides is 2. The fourth-order valence-electron chi connectivity index (χ4n) is 3.84. The number of nitrogens with one attached hydrogen (secondary N) is 2. The third kappa shape index (κ3) is 4.13. The van der Waals surface area contributed by atoms with Crippen LogP contribution in [0.2, 0.25) is 0 Å². The smallest absolute Gasteiger partial charge is 0.225 e. The van der Waals surface area contributed by atoms with Crippen molar-refractivity contribution in [2.45, 2.75) is 32.4 Å². The molecule has 140 valence electrons. The Kier molecular flexibility index (Phi) is 5.10. The van der Waals surface area contributed by atoms with Gasteiger partial charge in [0.05, 0.1) is 5.92 Å². The van der Waals surface area contributed by atoms with E-state index in [2.05, 4.69) is 64.1 Å². The molecule has 0 bridgehead atoms. The van der Waals surface area contributed by atoms with Crippen molar-refractivity contribution >= 4 is 17.5 Å². The van der Waals surface area contributed by atoms with Gasteiger partial charge in [0.25, 0.3) is 0 Å². The Bertz CT molecular complexity index is 822. The molecule has 2 aliphatic rings. The largest absolute Gasteiger partial charge is 0.367 e. The molecule has 2 aromatic carbocycles. The van der Waals surface area contributed by atoms with Crippen molar-refractivity contribution in [3.05, 3.63) is 65.2 Å². The molecule has 0 unspecified atom stereocenters. The second-order valence-electron chi connectivity index (χ2n) is 7.37. The predicted molar refractivity (Wildman–Crippen MR) is 105 cm³/mol. The van der Waals surface area contributed by atoms with Gasteiger partial charge >= 0.3 is 0 Å². The van der Waals surface area contributed by atoms with Gasteiger partial charge < -0.3 is 15.5 Å². The lowest BCUT2D eigenvalue weighted by atomic mass is 9.98. The lowest BCUT2D eigenvalue weighted by Crippen LogP contribution is -2.42. The highest BCUT2D eigenvalue weighted by Crippen LogP contribution is 2.28. The number of anilines is 1. The van der Waals surface area contributed by atoms with Crippen LogP contribution in [0.5, 0.6) is 0 Å². The SMILES string of the molecule is O=C1CC[C@@H](C(=O)NCc2ccc(CN3CCc4ccccc43)cc2)CN1. The van der Waals surface area contributed by atoms with Crippen molar-refractivity contribution in [2.75, 3.05) is 18.0 Å². The summed E-state index contributed by atoms with van der Waals surface area (Å²) in [5.41, 5.74) is 5.13. The molecular formula is C22H25N3O2. The van der Waals surface area contributed by atoms with Gasteiger partial charge in [0.2, 0.25) is 11.8 Å². The summed E-state index contributed by atoms with van der Waals surface area (Å²) in [6.45, 7) is 2.94. The van der Waals surface area contributed by atoms with E-state index in [1.54, 1.807) is 0 Å². The number of rotatable bonds is 5. The minimum absolute atomic E-state index is 0.0211. The molecule has 2 aromatic rings. The first kappa shape index (κ1) is 17.6. The molecule has 27 heavy (non-hydrogen) atoms. The number of benzene rings is 2. The van der Waals surface area contributed by atoms with Crippen LogP contribution < -0.4 is 15.5 Å². The molecule has 2 N–H and O–H groups in total. The number of nitrogens with zero attached hydrogens (tertiary/aromatic N) is 1. The average Bonchev–Trinajstić information content (AvgIpc) is 3.11. The number of fused-ring (bicyclic) bond motifs is 1. The second-order valence-corrected chi connectivity index (χ2v) is 7.37. The van der Waals surface area contributed by atoms with Crippen LogP contribution in [0.3, 0.4) is 0 Å². The van der Waals surface area contributed by atoms with Crippen molar-refractivity contribution in [1.82, 2.24) is 10.6 Å². The lowest BCUT2D eigenvalue weighted by Gasteiger charge is -2.21. The van der Waals surface area contributed by atoms with Gasteiger partial charge in [-0.3, -0.25) is 9.59 Å². The Morgan fingerprint density at radius 3 is 2.63 bits per heavy atom. The number of hydrogen-bond acceptors (Lipinski definition) is 3. The van der Waals surface area contributed by atoms with Crippen molar-refractivity contribution in [2.24, 2.45) is 5.92 Å². The van der Waals surface area contributed by atoms with E-state index in [-0.39, 0.29) is 17.7 Å². The van der Waals surface area contributed by atoms with Crippen LogP contribution in [0.15, 0.2) is 48.5 Å². The molecule has 2 amide bonds. The monoisotopic (exact) mass is 363 g/mol. The summed E-state index contributed by atoms with van der Waals surface area (Å²) in [5, 5.41) is 5.74. The summed E-state index contributed by atoms with van der Waals surface area (Å²) in [7, 11) is 0. The third-order valence-corrected chi connectivity index (χ3v) is 5.48. The fraction of sp³-hybridized carbons (Fsp3) is 0.364. The van der Waals surface area contributed by atoms with Gasteiger partial charge in [-0.25, -0.2) is 0 Å².